The molecule has 18 heavy (non-hydrogen) atoms. The molecule has 2 N–H and O–H groups in total. The quantitative estimate of drug-likeness (QED) is 0.830. The number of carbonyl (C=O) groups excluding carboxylic acids is 1. The Morgan fingerprint density at radius 3 is 2.67 bits per heavy atom. The van der Waals surface area contributed by atoms with Crippen LogP contribution in [0.25, 0.3) is 0 Å². The standard InChI is InChI=1S/C15H22N2O/c1-4-5-6-7-17-12-9-10(2)8-11(3)13(12)14(16)15(17)18/h8-9,14H,4-7,16H2,1-3H3. The van der Waals surface area contributed by atoms with Crippen LogP contribution in [0.15, 0.2) is 12.1 Å². The lowest BCUT2D eigenvalue weighted by atomic mass is 10.0. The monoisotopic (exact) mass is 246 g/mol. The van der Waals surface area contributed by atoms with Crippen LogP contribution in [-0.2, 0) is 4.79 Å². The first-order chi connectivity index (χ1) is 8.56. The molecule has 1 aliphatic rings. The third-order valence-corrected chi connectivity index (χ3v) is 3.63. The normalized spacial score (nSPS) is 18.3. The van der Waals surface area contributed by atoms with Gasteiger partial charge in [-0.15, -0.1) is 0 Å². The lowest BCUT2D eigenvalue weighted by Crippen LogP contribution is -2.32. The Labute approximate surface area is 109 Å². The van der Waals surface area contributed by atoms with Gasteiger partial charge >= 0.3 is 0 Å². The van der Waals surface area contributed by atoms with Gasteiger partial charge in [-0.25, -0.2) is 0 Å². The van der Waals surface area contributed by atoms with E-state index in [1.807, 2.05) is 11.8 Å². The smallest absolute Gasteiger partial charge is 0.248 e. The minimum absolute atomic E-state index is 0.0507. The van der Waals surface area contributed by atoms with Crippen molar-refractivity contribution < 1.29 is 4.79 Å². The Hall–Kier alpha value is -1.35. The van der Waals surface area contributed by atoms with Crippen molar-refractivity contribution >= 4 is 11.6 Å². The van der Waals surface area contributed by atoms with Crippen LogP contribution in [0.1, 0.15) is 48.9 Å². The number of aryl methyl sites for hydroxylation is 2. The molecule has 0 spiro atoms. The summed E-state index contributed by atoms with van der Waals surface area (Å²) in [5.74, 6) is 0.0507. The van der Waals surface area contributed by atoms with Crippen LogP contribution in [0.3, 0.4) is 0 Å². The van der Waals surface area contributed by atoms with Crippen molar-refractivity contribution in [2.24, 2.45) is 5.73 Å². The first-order valence-electron chi connectivity index (χ1n) is 6.74. The van der Waals surface area contributed by atoms with E-state index >= 15 is 0 Å². The predicted molar refractivity (Wildman–Crippen MR) is 74.7 cm³/mol. The zero-order valence-electron chi connectivity index (χ0n) is 11.5. The van der Waals surface area contributed by atoms with E-state index in [-0.39, 0.29) is 5.91 Å². The fourth-order valence-corrected chi connectivity index (χ4v) is 2.74. The van der Waals surface area contributed by atoms with Gasteiger partial charge in [0, 0.05) is 17.8 Å². The van der Waals surface area contributed by atoms with Crippen LogP contribution in [0, 0.1) is 13.8 Å². The highest BCUT2D eigenvalue weighted by molar-refractivity contribution is 6.05. The Balaban J connectivity index is 2.32. The van der Waals surface area contributed by atoms with Gasteiger partial charge in [0.15, 0.2) is 0 Å². The van der Waals surface area contributed by atoms with Crippen molar-refractivity contribution in [3.63, 3.8) is 0 Å². The highest BCUT2D eigenvalue weighted by Gasteiger charge is 2.35. The van der Waals surface area contributed by atoms with Crippen LogP contribution >= 0.6 is 0 Å². The van der Waals surface area contributed by atoms with Crippen LogP contribution in [0.5, 0.6) is 0 Å². The van der Waals surface area contributed by atoms with Crippen LogP contribution in [0.4, 0.5) is 5.69 Å². The minimum atomic E-state index is -0.470. The molecule has 1 heterocycles. The fraction of sp³-hybridized carbons (Fsp3) is 0.533. The molecule has 1 aromatic carbocycles. The number of nitrogens with zero attached hydrogens (tertiary/aromatic N) is 1. The molecule has 0 aliphatic carbocycles. The third kappa shape index (κ3) is 2.15. The number of hydrogen-bond acceptors (Lipinski definition) is 2. The summed E-state index contributed by atoms with van der Waals surface area (Å²) in [4.78, 5) is 14.1. The first-order valence-corrected chi connectivity index (χ1v) is 6.74. The number of amides is 1. The molecule has 1 amide bonds. The van der Waals surface area contributed by atoms with Gasteiger partial charge in [0.05, 0.1) is 0 Å². The summed E-state index contributed by atoms with van der Waals surface area (Å²) < 4.78 is 0. The minimum Gasteiger partial charge on any atom is -0.316 e. The van der Waals surface area contributed by atoms with E-state index in [0.717, 1.165) is 42.6 Å². The maximum absolute atomic E-state index is 12.2. The first kappa shape index (κ1) is 13.1. The molecule has 1 unspecified atom stereocenters. The lowest BCUT2D eigenvalue weighted by molar-refractivity contribution is -0.119. The number of anilines is 1. The van der Waals surface area contributed by atoms with E-state index in [9.17, 15) is 4.79 Å². The van der Waals surface area contributed by atoms with Gasteiger partial charge < -0.3 is 10.6 Å². The molecular formula is C15H22N2O. The summed E-state index contributed by atoms with van der Waals surface area (Å²) in [6, 6.07) is 3.71. The Bertz CT molecular complexity index is 468. The maximum atomic E-state index is 12.2. The topological polar surface area (TPSA) is 46.3 Å². The molecule has 98 valence electrons. The van der Waals surface area contributed by atoms with Crippen molar-refractivity contribution in [1.82, 2.24) is 0 Å². The van der Waals surface area contributed by atoms with E-state index in [2.05, 4.69) is 26.0 Å². The number of carbonyl (C=O) groups is 1. The molecule has 0 radical (unpaired) electrons. The number of rotatable bonds is 4. The van der Waals surface area contributed by atoms with E-state index in [1.165, 1.54) is 5.56 Å². The van der Waals surface area contributed by atoms with Gasteiger partial charge in [-0.1, -0.05) is 25.8 Å². The second-order valence-electron chi connectivity index (χ2n) is 5.19. The Kier molecular flexibility index (Phi) is 3.71. The average molecular weight is 246 g/mol. The van der Waals surface area contributed by atoms with Crippen molar-refractivity contribution in [3.05, 3.63) is 28.8 Å². The predicted octanol–water partition coefficient (Wildman–Crippen LogP) is 2.84. The zero-order chi connectivity index (χ0) is 13.3. The highest BCUT2D eigenvalue weighted by Crippen LogP contribution is 2.37. The Morgan fingerprint density at radius 2 is 2.00 bits per heavy atom. The van der Waals surface area contributed by atoms with Crippen LogP contribution < -0.4 is 10.6 Å². The number of benzene rings is 1. The fourth-order valence-electron chi connectivity index (χ4n) is 2.74. The van der Waals surface area contributed by atoms with E-state index in [0.29, 0.717) is 0 Å². The van der Waals surface area contributed by atoms with E-state index < -0.39 is 6.04 Å². The molecule has 0 saturated heterocycles. The summed E-state index contributed by atoms with van der Waals surface area (Å²) in [5.41, 5.74) is 10.4. The lowest BCUT2D eigenvalue weighted by Gasteiger charge is -2.18. The summed E-state index contributed by atoms with van der Waals surface area (Å²) in [7, 11) is 0. The summed E-state index contributed by atoms with van der Waals surface area (Å²) >= 11 is 0. The molecule has 0 fully saturated rings. The number of hydrogen-bond donors (Lipinski definition) is 1. The molecular weight excluding hydrogens is 224 g/mol. The number of nitrogens with two attached hydrogens (primary N) is 1. The highest BCUT2D eigenvalue weighted by atomic mass is 16.2. The van der Waals surface area contributed by atoms with Gasteiger partial charge in [-0.2, -0.15) is 0 Å². The van der Waals surface area contributed by atoms with Gasteiger partial charge in [0.25, 0.3) is 0 Å². The largest absolute Gasteiger partial charge is 0.316 e. The molecule has 3 heteroatoms. The Morgan fingerprint density at radius 1 is 1.28 bits per heavy atom. The molecule has 0 bridgehead atoms. The molecule has 0 saturated carbocycles. The molecule has 2 rings (SSSR count). The third-order valence-electron chi connectivity index (χ3n) is 3.63. The second kappa shape index (κ2) is 5.11. The number of fused-ring (bicyclic) bond motifs is 1. The van der Waals surface area contributed by atoms with Crippen molar-refractivity contribution in [2.75, 3.05) is 11.4 Å². The molecule has 0 aromatic heterocycles. The van der Waals surface area contributed by atoms with Crippen molar-refractivity contribution in [3.8, 4) is 0 Å². The molecule has 3 nitrogen and oxygen atoms in total. The van der Waals surface area contributed by atoms with Gasteiger partial charge in [-0.3, -0.25) is 4.79 Å². The molecule has 1 aromatic rings. The zero-order valence-corrected chi connectivity index (χ0v) is 11.5. The molecule has 1 atom stereocenters. The van der Waals surface area contributed by atoms with E-state index in [4.69, 9.17) is 5.73 Å². The summed E-state index contributed by atoms with van der Waals surface area (Å²) in [6.07, 6.45) is 3.36. The van der Waals surface area contributed by atoms with Gasteiger partial charge in [0.1, 0.15) is 6.04 Å². The van der Waals surface area contributed by atoms with Crippen LogP contribution in [0.2, 0.25) is 0 Å². The summed E-state index contributed by atoms with van der Waals surface area (Å²) in [6.45, 7) is 7.05. The number of unbranched alkanes of at least 4 members (excludes halogenated alkanes) is 2. The second-order valence-corrected chi connectivity index (χ2v) is 5.19. The SMILES string of the molecule is CCCCCN1C(=O)C(N)c2c(C)cc(C)cc21. The van der Waals surface area contributed by atoms with E-state index in [1.54, 1.807) is 0 Å². The van der Waals surface area contributed by atoms with Gasteiger partial charge in [0.2, 0.25) is 5.91 Å². The van der Waals surface area contributed by atoms with Gasteiger partial charge in [-0.05, 0) is 37.5 Å². The van der Waals surface area contributed by atoms with Crippen LogP contribution in [-0.4, -0.2) is 12.5 Å². The summed E-state index contributed by atoms with van der Waals surface area (Å²) in [5, 5.41) is 0. The molecule has 1 aliphatic heterocycles. The van der Waals surface area contributed by atoms with Crippen molar-refractivity contribution in [1.29, 1.82) is 0 Å². The average Bonchev–Trinajstić information content (AvgIpc) is 2.54. The van der Waals surface area contributed by atoms with Crippen molar-refractivity contribution in [2.45, 2.75) is 46.1 Å². The maximum Gasteiger partial charge on any atom is 0.248 e.